The molecule has 0 N–H and O–H groups in total. The van der Waals surface area contributed by atoms with Crippen LogP contribution < -0.4 is 0 Å². The smallest absolute Gasteiger partial charge is 0 e. The summed E-state index contributed by atoms with van der Waals surface area (Å²) in [5.74, 6) is 0. The Morgan fingerprint density at radius 2 is 2.27 bits per heavy atom. The maximum absolute atomic E-state index is 3.21. The van der Waals surface area contributed by atoms with Crippen molar-refractivity contribution in [2.75, 3.05) is 0 Å². The number of hydrogen-bond donors (Lipinski definition) is 0. The van der Waals surface area contributed by atoms with Gasteiger partial charge in [0.05, 0.1) is 0 Å². The van der Waals surface area contributed by atoms with E-state index in [1.165, 1.54) is 11.1 Å². The van der Waals surface area contributed by atoms with E-state index in [1.807, 2.05) is 6.92 Å². The Kier molecular flexibility index (Phi) is 6.08. The molecule has 0 aromatic heterocycles. The minimum Gasteiger partial charge on any atom is -0.348 e. The Hall–Kier alpha value is 0.324. The molecule has 1 rings (SSSR count). The van der Waals surface area contributed by atoms with Gasteiger partial charge in [-0.25, -0.2) is 0 Å². The molecule has 0 saturated carbocycles. The predicted octanol–water partition coefficient (Wildman–Crippen LogP) is 2.83. The summed E-state index contributed by atoms with van der Waals surface area (Å²) < 4.78 is 0. The summed E-state index contributed by atoms with van der Waals surface area (Å²) in [5, 5.41) is 0. The second-order valence-corrected chi connectivity index (χ2v) is 2.42. The predicted molar refractivity (Wildman–Crippen MR) is 43.2 cm³/mol. The van der Waals surface area contributed by atoms with Crippen LogP contribution in [-0.2, 0) is 32.7 Å². The SMILES string of the molecule is C[C-]=C(C)C1=CCCC=[C-]1.[Y]. The van der Waals surface area contributed by atoms with Gasteiger partial charge in [0, 0.05) is 32.7 Å². The van der Waals surface area contributed by atoms with Gasteiger partial charge in [-0.1, -0.05) is 12.8 Å². The average Bonchev–Trinajstić information content (AvgIpc) is 2.05. The summed E-state index contributed by atoms with van der Waals surface area (Å²) in [4.78, 5) is 0. The normalized spacial score (nSPS) is 17.3. The molecule has 0 saturated heterocycles. The molecule has 1 heteroatoms. The van der Waals surface area contributed by atoms with Crippen molar-refractivity contribution in [3.63, 3.8) is 0 Å². The van der Waals surface area contributed by atoms with E-state index in [4.69, 9.17) is 0 Å². The van der Waals surface area contributed by atoms with E-state index in [9.17, 15) is 0 Å². The molecule has 57 valence electrons. The summed E-state index contributed by atoms with van der Waals surface area (Å²) in [7, 11) is 0. The molecule has 0 heterocycles. The largest absolute Gasteiger partial charge is 0.348 e. The maximum Gasteiger partial charge on any atom is 0 e. The molecular weight excluding hydrogens is 209 g/mol. The maximum atomic E-state index is 3.21. The van der Waals surface area contributed by atoms with Crippen molar-refractivity contribution in [2.24, 2.45) is 0 Å². The first kappa shape index (κ1) is 11.3. The fraction of sp³-hybridized carbons (Fsp3) is 0.400. The van der Waals surface area contributed by atoms with E-state index in [0.29, 0.717) is 0 Å². The molecule has 1 aliphatic rings. The van der Waals surface area contributed by atoms with Crippen molar-refractivity contribution in [2.45, 2.75) is 26.7 Å². The van der Waals surface area contributed by atoms with Crippen LogP contribution in [0.25, 0.3) is 0 Å². The van der Waals surface area contributed by atoms with Gasteiger partial charge in [-0.05, 0) is 0 Å². The molecule has 0 aromatic rings. The van der Waals surface area contributed by atoms with Gasteiger partial charge < -0.3 is 17.2 Å². The van der Waals surface area contributed by atoms with Crippen LogP contribution >= 0.6 is 0 Å². The number of rotatable bonds is 1. The van der Waals surface area contributed by atoms with Gasteiger partial charge in [-0.2, -0.15) is 6.08 Å². The molecule has 1 aliphatic carbocycles. The summed E-state index contributed by atoms with van der Waals surface area (Å²) in [6, 6.07) is 0. The van der Waals surface area contributed by atoms with Crippen molar-refractivity contribution in [1.29, 1.82) is 0 Å². The first-order valence-corrected chi connectivity index (χ1v) is 3.64. The van der Waals surface area contributed by atoms with E-state index in [1.54, 1.807) is 0 Å². The van der Waals surface area contributed by atoms with Crippen LogP contribution in [-0.4, -0.2) is 0 Å². The molecule has 0 nitrogen and oxygen atoms in total. The van der Waals surface area contributed by atoms with Crippen molar-refractivity contribution in [3.8, 4) is 0 Å². The average molecular weight is 221 g/mol. The first-order chi connectivity index (χ1) is 4.84. The molecule has 0 bridgehead atoms. The third-order valence-electron chi connectivity index (χ3n) is 1.70. The summed E-state index contributed by atoms with van der Waals surface area (Å²) >= 11 is 0. The van der Waals surface area contributed by atoms with Crippen LogP contribution in [0.1, 0.15) is 26.7 Å². The van der Waals surface area contributed by atoms with Crippen molar-refractivity contribution in [1.82, 2.24) is 0 Å². The zero-order chi connectivity index (χ0) is 7.40. The van der Waals surface area contributed by atoms with Crippen molar-refractivity contribution >= 4 is 0 Å². The van der Waals surface area contributed by atoms with Gasteiger partial charge >= 0.3 is 0 Å². The molecule has 0 unspecified atom stereocenters. The molecular formula is C10H12Y-2. The minimum atomic E-state index is 0. The van der Waals surface area contributed by atoms with Crippen LogP contribution in [0.2, 0.25) is 0 Å². The third kappa shape index (κ3) is 3.49. The van der Waals surface area contributed by atoms with Crippen LogP contribution in [0.15, 0.2) is 23.3 Å². The van der Waals surface area contributed by atoms with E-state index < -0.39 is 0 Å². The van der Waals surface area contributed by atoms with Gasteiger partial charge in [0.15, 0.2) is 0 Å². The fourth-order valence-corrected chi connectivity index (χ4v) is 0.948. The molecule has 0 spiro atoms. The van der Waals surface area contributed by atoms with Gasteiger partial charge in [-0.3, -0.25) is 12.2 Å². The Bertz CT molecular complexity index is 197. The van der Waals surface area contributed by atoms with Crippen molar-refractivity contribution in [3.05, 3.63) is 35.5 Å². The minimum absolute atomic E-state index is 0. The van der Waals surface area contributed by atoms with Gasteiger partial charge in [0.25, 0.3) is 0 Å². The van der Waals surface area contributed by atoms with Gasteiger partial charge in [-0.15, -0.1) is 13.8 Å². The quantitative estimate of drug-likeness (QED) is 0.597. The Morgan fingerprint density at radius 1 is 1.55 bits per heavy atom. The molecule has 0 aromatic carbocycles. The fourth-order valence-electron chi connectivity index (χ4n) is 0.948. The van der Waals surface area contributed by atoms with E-state index in [2.05, 4.69) is 31.2 Å². The van der Waals surface area contributed by atoms with E-state index >= 15 is 0 Å². The Morgan fingerprint density at radius 3 is 2.73 bits per heavy atom. The molecule has 11 heavy (non-hydrogen) atoms. The summed E-state index contributed by atoms with van der Waals surface area (Å²) in [6.45, 7) is 4.00. The number of hydrogen-bond acceptors (Lipinski definition) is 0. The molecule has 1 radical (unpaired) electrons. The Labute approximate surface area is 94.3 Å². The Balaban J connectivity index is 0.000001000. The second kappa shape index (κ2) is 5.91. The van der Waals surface area contributed by atoms with Gasteiger partial charge in [0.2, 0.25) is 0 Å². The standard InChI is InChI=1S/C10H12.Y/c1-3-9(2)10-7-5-4-6-8-10;/h5,8H,4,6H2,1-2H3;/q-2;. The molecule has 0 amide bonds. The van der Waals surface area contributed by atoms with Gasteiger partial charge in [0.1, 0.15) is 0 Å². The topological polar surface area (TPSA) is 0 Å². The second-order valence-electron chi connectivity index (χ2n) is 2.42. The van der Waals surface area contributed by atoms with Crippen LogP contribution in [0, 0.1) is 12.2 Å². The molecule has 0 atom stereocenters. The van der Waals surface area contributed by atoms with E-state index in [-0.39, 0.29) is 32.7 Å². The monoisotopic (exact) mass is 221 g/mol. The zero-order valence-electron chi connectivity index (χ0n) is 7.15. The van der Waals surface area contributed by atoms with Crippen molar-refractivity contribution < 1.29 is 32.7 Å². The zero-order valence-corrected chi connectivity index (χ0v) is 9.98. The molecule has 0 aliphatic heterocycles. The third-order valence-corrected chi connectivity index (χ3v) is 1.70. The number of allylic oxidation sites excluding steroid dienone is 6. The summed E-state index contributed by atoms with van der Waals surface area (Å²) in [5.41, 5.74) is 2.42. The molecule has 0 fully saturated rings. The first-order valence-electron chi connectivity index (χ1n) is 3.64. The van der Waals surface area contributed by atoms with Crippen LogP contribution in [0.5, 0.6) is 0 Å². The van der Waals surface area contributed by atoms with E-state index in [0.717, 1.165) is 12.8 Å². The summed E-state index contributed by atoms with van der Waals surface area (Å²) in [6.07, 6.45) is 12.9. The van der Waals surface area contributed by atoms with Crippen LogP contribution in [0.4, 0.5) is 0 Å². The van der Waals surface area contributed by atoms with Crippen LogP contribution in [0.3, 0.4) is 0 Å².